The number of halogens is 1. The molecule has 0 saturated carbocycles. The van der Waals surface area contributed by atoms with E-state index in [1.807, 2.05) is 60.1 Å². The van der Waals surface area contributed by atoms with Crippen LogP contribution in [0.3, 0.4) is 0 Å². The zero-order valence-electron chi connectivity index (χ0n) is 18.2. The highest BCUT2D eigenvalue weighted by atomic mass is 35.5. The van der Waals surface area contributed by atoms with Gasteiger partial charge in [-0.25, -0.2) is 4.98 Å². The van der Waals surface area contributed by atoms with E-state index in [1.165, 1.54) is 11.8 Å². The van der Waals surface area contributed by atoms with Crippen LogP contribution in [0, 0.1) is 0 Å². The first kappa shape index (κ1) is 22.2. The van der Waals surface area contributed by atoms with Gasteiger partial charge >= 0.3 is 0 Å². The maximum atomic E-state index is 12.4. The van der Waals surface area contributed by atoms with Gasteiger partial charge in [-0.1, -0.05) is 35.5 Å². The van der Waals surface area contributed by atoms with Crippen LogP contribution in [0.5, 0.6) is 5.75 Å². The number of imidazole rings is 1. The number of nitrogens with one attached hydrogen (secondary N) is 1. The van der Waals surface area contributed by atoms with Crippen molar-refractivity contribution in [1.82, 2.24) is 24.7 Å². The first-order valence-corrected chi connectivity index (χ1v) is 11.9. The molecule has 34 heavy (non-hydrogen) atoms. The standard InChI is InChI=1S/C25H20ClN5O2S/c1-31-23(29-30-25(31)34-15-22(32)16-6-10-18(26)11-7-16)14-33-19-12-8-17(9-13-19)24-27-20-4-2-3-5-21(20)28-24/h2-13H,14-15H2,1H3,(H,27,28). The molecule has 0 radical (unpaired) electrons. The minimum Gasteiger partial charge on any atom is -0.486 e. The number of benzene rings is 3. The van der Waals surface area contributed by atoms with Gasteiger partial charge in [-0.15, -0.1) is 10.2 Å². The van der Waals surface area contributed by atoms with Crippen molar-refractivity contribution in [3.05, 3.63) is 89.2 Å². The fourth-order valence-corrected chi connectivity index (χ4v) is 4.34. The van der Waals surface area contributed by atoms with Crippen LogP contribution in [0.4, 0.5) is 0 Å². The molecule has 3 aromatic carbocycles. The molecule has 0 saturated heterocycles. The summed E-state index contributed by atoms with van der Waals surface area (Å²) in [6.45, 7) is 0.263. The van der Waals surface area contributed by atoms with Gasteiger partial charge in [-0.3, -0.25) is 4.79 Å². The minimum atomic E-state index is 0.00649. The lowest BCUT2D eigenvalue weighted by molar-refractivity contribution is 0.102. The highest BCUT2D eigenvalue weighted by Gasteiger charge is 2.13. The molecule has 0 aliphatic rings. The van der Waals surface area contributed by atoms with Crippen LogP contribution >= 0.6 is 23.4 Å². The first-order valence-electron chi connectivity index (χ1n) is 10.5. The summed E-state index contributed by atoms with van der Waals surface area (Å²) in [4.78, 5) is 20.3. The number of ether oxygens (including phenoxy) is 1. The molecule has 1 N–H and O–H groups in total. The van der Waals surface area contributed by atoms with E-state index in [-0.39, 0.29) is 18.1 Å². The Balaban J connectivity index is 1.18. The number of para-hydroxylation sites is 2. The number of aromatic amines is 1. The molecule has 0 spiro atoms. The van der Waals surface area contributed by atoms with E-state index in [9.17, 15) is 4.79 Å². The van der Waals surface area contributed by atoms with Crippen molar-refractivity contribution >= 4 is 40.2 Å². The number of hydrogen-bond acceptors (Lipinski definition) is 6. The quantitative estimate of drug-likeness (QED) is 0.226. The lowest BCUT2D eigenvalue weighted by Gasteiger charge is -2.07. The summed E-state index contributed by atoms with van der Waals surface area (Å²) in [6.07, 6.45) is 0. The largest absolute Gasteiger partial charge is 0.486 e. The number of carbonyl (C=O) groups excluding carboxylic acids is 1. The molecule has 2 heterocycles. The summed E-state index contributed by atoms with van der Waals surface area (Å²) in [5, 5.41) is 9.66. The lowest BCUT2D eigenvalue weighted by Crippen LogP contribution is -2.06. The second-order valence-electron chi connectivity index (χ2n) is 7.59. The summed E-state index contributed by atoms with van der Waals surface area (Å²) >= 11 is 7.22. The second kappa shape index (κ2) is 9.70. The molecule has 5 rings (SSSR count). The molecule has 0 fully saturated rings. The van der Waals surface area contributed by atoms with Gasteiger partial charge in [-0.05, 0) is 60.7 Å². The van der Waals surface area contributed by atoms with Crippen molar-refractivity contribution in [2.75, 3.05) is 5.75 Å². The molecule has 0 atom stereocenters. The molecule has 0 aliphatic carbocycles. The van der Waals surface area contributed by atoms with E-state index < -0.39 is 0 Å². The Labute approximate surface area is 205 Å². The van der Waals surface area contributed by atoms with Crippen LogP contribution < -0.4 is 4.74 Å². The average Bonchev–Trinajstić information content (AvgIpc) is 3.45. The van der Waals surface area contributed by atoms with E-state index in [0.717, 1.165) is 28.2 Å². The minimum absolute atomic E-state index is 0.00649. The number of carbonyl (C=O) groups is 1. The number of nitrogens with zero attached hydrogens (tertiary/aromatic N) is 4. The van der Waals surface area contributed by atoms with Crippen LogP contribution in [0.25, 0.3) is 22.4 Å². The highest BCUT2D eigenvalue weighted by molar-refractivity contribution is 7.99. The fourth-order valence-electron chi connectivity index (χ4n) is 3.39. The first-order chi connectivity index (χ1) is 16.6. The van der Waals surface area contributed by atoms with Gasteiger partial charge in [0.25, 0.3) is 0 Å². The van der Waals surface area contributed by atoms with E-state index in [0.29, 0.717) is 21.6 Å². The molecule has 5 aromatic rings. The Morgan fingerprint density at radius 1 is 1.03 bits per heavy atom. The highest BCUT2D eigenvalue weighted by Crippen LogP contribution is 2.24. The molecule has 2 aromatic heterocycles. The van der Waals surface area contributed by atoms with Crippen molar-refractivity contribution in [3.8, 4) is 17.1 Å². The van der Waals surface area contributed by atoms with Crippen molar-refractivity contribution in [2.45, 2.75) is 11.8 Å². The molecule has 7 nitrogen and oxygen atoms in total. The van der Waals surface area contributed by atoms with Crippen LogP contribution in [0.15, 0.2) is 78.0 Å². The molecule has 0 unspecified atom stereocenters. The third-order valence-electron chi connectivity index (χ3n) is 5.31. The van der Waals surface area contributed by atoms with E-state index in [4.69, 9.17) is 16.3 Å². The number of thioether (sulfide) groups is 1. The number of hydrogen-bond donors (Lipinski definition) is 1. The predicted octanol–water partition coefficient (Wildman–Crippen LogP) is 5.57. The number of Topliss-reactive ketones (excluding diaryl/α,β-unsaturated/α-hetero) is 1. The molecule has 0 amide bonds. The Bertz CT molecular complexity index is 1410. The average molecular weight is 490 g/mol. The Morgan fingerprint density at radius 2 is 1.79 bits per heavy atom. The van der Waals surface area contributed by atoms with Crippen molar-refractivity contribution in [1.29, 1.82) is 0 Å². The number of aromatic nitrogens is 5. The van der Waals surface area contributed by atoms with Gasteiger partial charge in [0, 0.05) is 23.2 Å². The van der Waals surface area contributed by atoms with Crippen molar-refractivity contribution in [2.24, 2.45) is 7.05 Å². The number of ketones is 1. The number of rotatable bonds is 8. The van der Waals surface area contributed by atoms with Gasteiger partial charge in [0.1, 0.15) is 18.2 Å². The third-order valence-corrected chi connectivity index (χ3v) is 6.58. The van der Waals surface area contributed by atoms with Gasteiger partial charge in [-0.2, -0.15) is 0 Å². The Hall–Kier alpha value is -3.62. The van der Waals surface area contributed by atoms with Gasteiger partial charge in [0.2, 0.25) is 0 Å². The zero-order valence-corrected chi connectivity index (χ0v) is 19.8. The zero-order chi connectivity index (χ0) is 23.5. The van der Waals surface area contributed by atoms with Crippen LogP contribution in [-0.2, 0) is 13.7 Å². The van der Waals surface area contributed by atoms with Gasteiger partial charge in [0.15, 0.2) is 16.8 Å². The Morgan fingerprint density at radius 3 is 2.56 bits per heavy atom. The van der Waals surface area contributed by atoms with Gasteiger partial charge < -0.3 is 14.3 Å². The summed E-state index contributed by atoms with van der Waals surface area (Å²) < 4.78 is 7.74. The van der Waals surface area contributed by atoms with Crippen molar-refractivity contribution in [3.63, 3.8) is 0 Å². The van der Waals surface area contributed by atoms with Crippen LogP contribution in [0.2, 0.25) is 5.02 Å². The molecule has 0 aliphatic heterocycles. The van der Waals surface area contributed by atoms with E-state index in [1.54, 1.807) is 24.3 Å². The lowest BCUT2D eigenvalue weighted by atomic mass is 10.1. The van der Waals surface area contributed by atoms with E-state index in [2.05, 4.69) is 20.2 Å². The normalized spacial score (nSPS) is 11.1. The molecular formula is C25H20ClN5O2S. The monoisotopic (exact) mass is 489 g/mol. The topological polar surface area (TPSA) is 85.7 Å². The summed E-state index contributed by atoms with van der Waals surface area (Å²) in [5.41, 5.74) is 3.53. The predicted molar refractivity (Wildman–Crippen MR) is 133 cm³/mol. The smallest absolute Gasteiger partial charge is 0.191 e. The molecule has 170 valence electrons. The maximum Gasteiger partial charge on any atom is 0.191 e. The summed E-state index contributed by atoms with van der Waals surface area (Å²) in [7, 11) is 1.86. The number of H-pyrrole nitrogens is 1. The summed E-state index contributed by atoms with van der Waals surface area (Å²) in [5.74, 6) is 2.47. The van der Waals surface area contributed by atoms with Crippen LogP contribution in [0.1, 0.15) is 16.2 Å². The van der Waals surface area contributed by atoms with Crippen molar-refractivity contribution < 1.29 is 9.53 Å². The molecule has 9 heteroatoms. The summed E-state index contributed by atoms with van der Waals surface area (Å²) in [6, 6.07) is 22.5. The second-order valence-corrected chi connectivity index (χ2v) is 8.97. The maximum absolute atomic E-state index is 12.4. The van der Waals surface area contributed by atoms with E-state index >= 15 is 0 Å². The molecular weight excluding hydrogens is 470 g/mol. The van der Waals surface area contributed by atoms with Gasteiger partial charge in [0.05, 0.1) is 16.8 Å². The molecule has 0 bridgehead atoms. The fraction of sp³-hybridized carbons (Fsp3) is 0.120. The number of fused-ring (bicyclic) bond motifs is 1. The van der Waals surface area contributed by atoms with Crippen LogP contribution in [-0.4, -0.2) is 36.3 Å². The third kappa shape index (κ3) is 4.83. The Kier molecular flexibility index (Phi) is 6.33. The SMILES string of the molecule is Cn1c(COc2ccc(-c3nc4ccccc4[nH]3)cc2)nnc1SCC(=O)c1ccc(Cl)cc1.